The van der Waals surface area contributed by atoms with E-state index in [2.05, 4.69) is 4.98 Å². The van der Waals surface area contributed by atoms with Crippen LogP contribution in [0.3, 0.4) is 0 Å². The van der Waals surface area contributed by atoms with Crippen LogP contribution in [0.25, 0.3) is 0 Å². The van der Waals surface area contributed by atoms with Crippen molar-refractivity contribution in [1.82, 2.24) is 9.88 Å². The molecule has 1 aromatic rings. The first-order valence-electron chi connectivity index (χ1n) is 6.68. The van der Waals surface area contributed by atoms with Gasteiger partial charge in [0, 0.05) is 17.8 Å². The number of hydrogen-bond donors (Lipinski definition) is 1. The van der Waals surface area contributed by atoms with Gasteiger partial charge in [-0.05, 0) is 31.9 Å². The number of aromatic nitrogens is 1. The molecular weight excluding hydrogens is 264 g/mol. The Morgan fingerprint density at radius 3 is 2.95 bits per heavy atom. The summed E-state index contributed by atoms with van der Waals surface area (Å²) in [5.74, 6) is -0.0617. The lowest BCUT2D eigenvalue weighted by molar-refractivity contribution is 0.0599. The lowest BCUT2D eigenvalue weighted by atomic mass is 10.1. The zero-order valence-corrected chi connectivity index (χ0v) is 11.9. The van der Waals surface area contributed by atoms with E-state index in [-0.39, 0.29) is 18.6 Å². The van der Waals surface area contributed by atoms with Gasteiger partial charge in [-0.15, -0.1) is 0 Å². The van der Waals surface area contributed by atoms with Crippen LogP contribution < -0.4 is 0 Å². The fourth-order valence-corrected chi connectivity index (χ4v) is 2.80. The molecule has 0 aromatic carbocycles. The summed E-state index contributed by atoms with van der Waals surface area (Å²) in [6.45, 7) is 2.53. The average Bonchev–Trinajstić information content (AvgIpc) is 2.61. The molecule has 0 bridgehead atoms. The summed E-state index contributed by atoms with van der Waals surface area (Å²) >= 11 is 5.90. The molecule has 1 unspecified atom stereocenters. The number of pyridine rings is 1. The number of aliphatic hydroxyl groups excluding tert-OH is 1. The molecule has 1 aliphatic rings. The predicted octanol–water partition coefficient (Wildman–Crippen LogP) is 2.42. The number of likely N-dealkylation sites (tertiary alicyclic amines) is 1. The highest BCUT2D eigenvalue weighted by Gasteiger charge is 2.26. The van der Waals surface area contributed by atoms with Crippen molar-refractivity contribution in [3.63, 3.8) is 0 Å². The molecule has 19 heavy (non-hydrogen) atoms. The topological polar surface area (TPSA) is 53.4 Å². The lowest BCUT2D eigenvalue weighted by Gasteiger charge is -2.28. The molecule has 1 fully saturated rings. The molecule has 0 spiro atoms. The number of amides is 1. The van der Waals surface area contributed by atoms with Gasteiger partial charge in [0.1, 0.15) is 5.15 Å². The summed E-state index contributed by atoms with van der Waals surface area (Å²) in [5.41, 5.74) is 1.28. The minimum atomic E-state index is -0.0813. The van der Waals surface area contributed by atoms with Crippen LogP contribution in [-0.4, -0.2) is 40.1 Å². The van der Waals surface area contributed by atoms with Crippen molar-refractivity contribution in [2.75, 3.05) is 13.2 Å². The standard InChI is InChI=1S/C14H19ClN2O2/c1-10-7-11(8-13(15)16-10)14(19)17-6-4-2-3-5-12(17)9-18/h7-8,12,18H,2-6,9H2,1H3. The van der Waals surface area contributed by atoms with Crippen LogP contribution >= 0.6 is 11.6 Å². The second-order valence-corrected chi connectivity index (χ2v) is 5.39. The van der Waals surface area contributed by atoms with E-state index >= 15 is 0 Å². The molecule has 4 nitrogen and oxygen atoms in total. The Morgan fingerprint density at radius 1 is 1.47 bits per heavy atom. The summed E-state index contributed by atoms with van der Waals surface area (Å²) in [6.07, 6.45) is 4.02. The summed E-state index contributed by atoms with van der Waals surface area (Å²) in [6, 6.07) is 3.26. The average molecular weight is 283 g/mol. The van der Waals surface area contributed by atoms with Gasteiger partial charge in [-0.2, -0.15) is 0 Å². The molecule has 0 radical (unpaired) electrons. The van der Waals surface area contributed by atoms with Crippen molar-refractivity contribution in [3.05, 3.63) is 28.5 Å². The highest BCUT2D eigenvalue weighted by molar-refractivity contribution is 6.29. The van der Waals surface area contributed by atoms with Crippen molar-refractivity contribution in [2.24, 2.45) is 0 Å². The molecule has 2 heterocycles. The van der Waals surface area contributed by atoms with Crippen LogP contribution in [0.1, 0.15) is 41.7 Å². The molecule has 1 aliphatic heterocycles. The van der Waals surface area contributed by atoms with Gasteiger partial charge in [-0.3, -0.25) is 4.79 Å². The van der Waals surface area contributed by atoms with E-state index in [1.165, 1.54) is 0 Å². The number of hydrogen-bond acceptors (Lipinski definition) is 3. The van der Waals surface area contributed by atoms with E-state index in [4.69, 9.17) is 11.6 Å². The van der Waals surface area contributed by atoms with Gasteiger partial charge in [-0.25, -0.2) is 4.98 Å². The monoisotopic (exact) mass is 282 g/mol. The van der Waals surface area contributed by atoms with Crippen molar-refractivity contribution >= 4 is 17.5 Å². The maximum atomic E-state index is 12.6. The molecule has 0 saturated carbocycles. The Kier molecular flexibility index (Phi) is 4.77. The Balaban J connectivity index is 2.25. The van der Waals surface area contributed by atoms with Gasteiger partial charge < -0.3 is 10.0 Å². The Labute approximate surface area is 118 Å². The molecule has 0 aliphatic carbocycles. The smallest absolute Gasteiger partial charge is 0.254 e. The third-order valence-electron chi connectivity index (χ3n) is 3.52. The summed E-state index contributed by atoms with van der Waals surface area (Å²) < 4.78 is 0. The zero-order chi connectivity index (χ0) is 13.8. The van der Waals surface area contributed by atoms with Crippen LogP contribution in [0.5, 0.6) is 0 Å². The second kappa shape index (κ2) is 6.35. The molecule has 2 rings (SSSR count). The summed E-state index contributed by atoms with van der Waals surface area (Å²) in [4.78, 5) is 18.4. The van der Waals surface area contributed by atoms with Crippen LogP contribution in [-0.2, 0) is 0 Å². The van der Waals surface area contributed by atoms with Crippen LogP contribution in [0, 0.1) is 6.92 Å². The fourth-order valence-electron chi connectivity index (χ4n) is 2.55. The van der Waals surface area contributed by atoms with E-state index in [1.807, 2.05) is 6.92 Å². The van der Waals surface area contributed by atoms with Gasteiger partial charge in [0.15, 0.2) is 0 Å². The number of carbonyl (C=O) groups excluding carboxylic acids is 1. The van der Waals surface area contributed by atoms with E-state index in [0.29, 0.717) is 17.3 Å². The summed E-state index contributed by atoms with van der Waals surface area (Å²) in [7, 11) is 0. The molecular formula is C14H19ClN2O2. The number of aryl methyl sites for hydroxylation is 1. The van der Waals surface area contributed by atoms with Crippen molar-refractivity contribution < 1.29 is 9.90 Å². The quantitative estimate of drug-likeness (QED) is 0.848. The lowest BCUT2D eigenvalue weighted by Crippen LogP contribution is -2.42. The molecule has 1 saturated heterocycles. The fraction of sp³-hybridized carbons (Fsp3) is 0.571. The zero-order valence-electron chi connectivity index (χ0n) is 11.1. The first-order valence-corrected chi connectivity index (χ1v) is 7.05. The SMILES string of the molecule is Cc1cc(C(=O)N2CCCCCC2CO)cc(Cl)n1. The number of aliphatic hydroxyl groups is 1. The first-order chi connectivity index (χ1) is 9.11. The largest absolute Gasteiger partial charge is 0.394 e. The molecule has 5 heteroatoms. The van der Waals surface area contributed by atoms with Crippen molar-refractivity contribution in [2.45, 2.75) is 38.6 Å². The van der Waals surface area contributed by atoms with E-state index < -0.39 is 0 Å². The Hall–Kier alpha value is -1.13. The van der Waals surface area contributed by atoms with Gasteiger partial charge in [0.05, 0.1) is 12.6 Å². The van der Waals surface area contributed by atoms with Gasteiger partial charge in [-0.1, -0.05) is 24.4 Å². The van der Waals surface area contributed by atoms with E-state index in [9.17, 15) is 9.90 Å². The highest BCUT2D eigenvalue weighted by Crippen LogP contribution is 2.20. The maximum Gasteiger partial charge on any atom is 0.254 e. The number of carbonyl (C=O) groups is 1. The maximum absolute atomic E-state index is 12.6. The normalized spacial score (nSPS) is 20.2. The number of halogens is 1. The minimum Gasteiger partial charge on any atom is -0.394 e. The third-order valence-corrected chi connectivity index (χ3v) is 3.71. The predicted molar refractivity (Wildman–Crippen MR) is 74.4 cm³/mol. The molecule has 1 N–H and O–H groups in total. The Morgan fingerprint density at radius 2 is 2.26 bits per heavy atom. The van der Waals surface area contributed by atoms with E-state index in [1.54, 1.807) is 17.0 Å². The van der Waals surface area contributed by atoms with Crippen LogP contribution in [0.2, 0.25) is 5.15 Å². The highest BCUT2D eigenvalue weighted by atomic mass is 35.5. The number of nitrogens with zero attached hydrogens (tertiary/aromatic N) is 2. The summed E-state index contributed by atoms with van der Waals surface area (Å²) in [5, 5.41) is 9.79. The third kappa shape index (κ3) is 3.45. The first kappa shape index (κ1) is 14.3. The Bertz CT molecular complexity index is 445. The molecule has 1 aromatic heterocycles. The van der Waals surface area contributed by atoms with Crippen LogP contribution in [0.15, 0.2) is 12.1 Å². The molecule has 1 atom stereocenters. The van der Waals surface area contributed by atoms with Gasteiger partial charge in [0.2, 0.25) is 0 Å². The molecule has 1 amide bonds. The van der Waals surface area contributed by atoms with Gasteiger partial charge >= 0.3 is 0 Å². The number of rotatable bonds is 2. The van der Waals surface area contributed by atoms with Crippen molar-refractivity contribution in [3.8, 4) is 0 Å². The van der Waals surface area contributed by atoms with E-state index in [0.717, 1.165) is 31.4 Å². The van der Waals surface area contributed by atoms with Crippen molar-refractivity contribution in [1.29, 1.82) is 0 Å². The van der Waals surface area contributed by atoms with Crippen LogP contribution in [0.4, 0.5) is 0 Å². The second-order valence-electron chi connectivity index (χ2n) is 5.00. The van der Waals surface area contributed by atoms with Gasteiger partial charge in [0.25, 0.3) is 5.91 Å². The molecule has 104 valence electrons. The minimum absolute atomic E-state index is 0.0174.